The monoisotopic (exact) mass is 480 g/mol. The van der Waals surface area contributed by atoms with Gasteiger partial charge in [-0.25, -0.2) is 4.79 Å². The zero-order valence-corrected chi connectivity index (χ0v) is 20.5. The number of carboxylic acids is 1. The highest BCUT2D eigenvalue weighted by molar-refractivity contribution is 6.30. The fraction of sp³-hybridized carbons (Fsp3) is 0.429. The molecule has 0 bridgehead atoms. The van der Waals surface area contributed by atoms with Crippen molar-refractivity contribution in [2.24, 2.45) is 11.8 Å². The van der Waals surface area contributed by atoms with Crippen molar-refractivity contribution in [1.29, 1.82) is 0 Å². The third-order valence-corrected chi connectivity index (χ3v) is 6.92. The summed E-state index contributed by atoms with van der Waals surface area (Å²) < 4.78 is 7.57. The molecular formula is C28H33ClN2O3. The largest absolute Gasteiger partial charge is 0.480 e. The summed E-state index contributed by atoms with van der Waals surface area (Å²) in [6.07, 6.45) is 6.31. The third-order valence-electron chi connectivity index (χ3n) is 6.67. The van der Waals surface area contributed by atoms with Crippen molar-refractivity contribution in [3.63, 3.8) is 0 Å². The van der Waals surface area contributed by atoms with Crippen molar-refractivity contribution >= 4 is 17.6 Å². The zero-order valence-electron chi connectivity index (χ0n) is 19.8. The molecule has 1 heterocycles. The van der Waals surface area contributed by atoms with Crippen LogP contribution in [0.2, 0.25) is 5.02 Å². The van der Waals surface area contributed by atoms with E-state index in [-0.39, 0.29) is 6.61 Å². The number of carbonyl (C=O) groups is 1. The van der Waals surface area contributed by atoms with Gasteiger partial charge in [-0.2, -0.15) is 5.10 Å². The average molecular weight is 481 g/mol. The summed E-state index contributed by atoms with van der Waals surface area (Å²) in [4.78, 5) is 10.7. The molecule has 4 rings (SSSR count). The number of carboxylic acid groups (broad SMARTS) is 1. The van der Waals surface area contributed by atoms with E-state index in [0.717, 1.165) is 61.3 Å². The normalized spacial score (nSPS) is 18.2. The molecule has 6 heteroatoms. The Hall–Kier alpha value is -2.63. The van der Waals surface area contributed by atoms with Crippen LogP contribution < -0.4 is 0 Å². The van der Waals surface area contributed by atoms with Gasteiger partial charge in [0.1, 0.15) is 6.61 Å². The third kappa shape index (κ3) is 6.08. The maximum Gasteiger partial charge on any atom is 0.329 e. The van der Waals surface area contributed by atoms with Crippen LogP contribution in [0.5, 0.6) is 0 Å². The number of ether oxygens (including phenoxy) is 1. The fourth-order valence-corrected chi connectivity index (χ4v) is 5.13. The lowest BCUT2D eigenvalue weighted by molar-refractivity contribution is -0.142. The van der Waals surface area contributed by atoms with Gasteiger partial charge < -0.3 is 9.84 Å². The molecule has 1 aliphatic rings. The second-order valence-corrected chi connectivity index (χ2v) is 9.71. The molecule has 0 saturated heterocycles. The van der Waals surface area contributed by atoms with E-state index < -0.39 is 5.97 Å². The van der Waals surface area contributed by atoms with Crippen LogP contribution in [0.1, 0.15) is 44.7 Å². The summed E-state index contributed by atoms with van der Waals surface area (Å²) in [7, 11) is 0. The van der Waals surface area contributed by atoms with Crippen LogP contribution in [0.4, 0.5) is 0 Å². The molecule has 0 unspecified atom stereocenters. The molecule has 1 fully saturated rings. The number of rotatable bonds is 10. The van der Waals surface area contributed by atoms with Gasteiger partial charge in [-0.15, -0.1) is 0 Å². The molecule has 0 aliphatic heterocycles. The Morgan fingerprint density at radius 3 is 2.35 bits per heavy atom. The topological polar surface area (TPSA) is 64.4 Å². The molecule has 34 heavy (non-hydrogen) atoms. The lowest BCUT2D eigenvalue weighted by atomic mass is 9.82. The summed E-state index contributed by atoms with van der Waals surface area (Å²) >= 11 is 6.21. The highest BCUT2D eigenvalue weighted by Crippen LogP contribution is 2.38. The number of aliphatic carboxylic acids is 1. The van der Waals surface area contributed by atoms with Gasteiger partial charge in [-0.1, -0.05) is 67.4 Å². The predicted molar refractivity (Wildman–Crippen MR) is 136 cm³/mol. The first-order valence-electron chi connectivity index (χ1n) is 12.3. The van der Waals surface area contributed by atoms with Crippen LogP contribution in [0, 0.1) is 11.8 Å². The van der Waals surface area contributed by atoms with Crippen molar-refractivity contribution in [3.8, 4) is 22.4 Å². The first-order valence-corrected chi connectivity index (χ1v) is 12.6. The first-order chi connectivity index (χ1) is 16.5. The molecule has 1 saturated carbocycles. The predicted octanol–water partition coefficient (Wildman–Crippen LogP) is 6.73. The van der Waals surface area contributed by atoms with Gasteiger partial charge in [-0.3, -0.25) is 4.68 Å². The van der Waals surface area contributed by atoms with Crippen LogP contribution in [-0.2, 0) is 22.5 Å². The number of nitrogens with zero attached hydrogens (tertiary/aromatic N) is 2. The van der Waals surface area contributed by atoms with E-state index in [1.807, 2.05) is 18.2 Å². The van der Waals surface area contributed by atoms with Crippen LogP contribution in [-0.4, -0.2) is 34.1 Å². The van der Waals surface area contributed by atoms with E-state index in [2.05, 4.69) is 48.0 Å². The molecule has 180 valence electrons. The minimum atomic E-state index is -0.904. The molecule has 0 atom stereocenters. The van der Waals surface area contributed by atoms with Crippen LogP contribution in [0.3, 0.4) is 0 Å². The van der Waals surface area contributed by atoms with Gasteiger partial charge in [0.15, 0.2) is 0 Å². The Balaban J connectivity index is 1.60. The number of hydrogen-bond acceptors (Lipinski definition) is 3. The molecular weight excluding hydrogens is 448 g/mol. The van der Waals surface area contributed by atoms with E-state index >= 15 is 0 Å². The number of aromatic nitrogens is 2. The van der Waals surface area contributed by atoms with E-state index in [1.165, 1.54) is 16.8 Å². The van der Waals surface area contributed by atoms with E-state index in [0.29, 0.717) is 18.4 Å². The number of aryl methyl sites for hydroxylation is 1. The van der Waals surface area contributed by atoms with Gasteiger partial charge in [0, 0.05) is 22.7 Å². The smallest absolute Gasteiger partial charge is 0.329 e. The van der Waals surface area contributed by atoms with Crippen molar-refractivity contribution in [3.05, 3.63) is 65.3 Å². The highest BCUT2D eigenvalue weighted by atomic mass is 35.5. The highest BCUT2D eigenvalue weighted by Gasteiger charge is 2.26. The number of hydrogen-bond donors (Lipinski definition) is 1. The summed E-state index contributed by atoms with van der Waals surface area (Å²) in [5.74, 6) is 0.0819. The lowest BCUT2D eigenvalue weighted by Gasteiger charge is -2.28. The van der Waals surface area contributed by atoms with Gasteiger partial charge in [-0.05, 0) is 61.6 Å². The minimum Gasteiger partial charge on any atom is -0.480 e. The molecule has 3 aromatic rings. The van der Waals surface area contributed by atoms with E-state index in [9.17, 15) is 4.79 Å². The molecule has 0 spiro atoms. The van der Waals surface area contributed by atoms with Crippen LogP contribution in [0.15, 0.2) is 54.6 Å². The van der Waals surface area contributed by atoms with Crippen molar-refractivity contribution in [2.75, 3.05) is 13.2 Å². The van der Waals surface area contributed by atoms with Crippen molar-refractivity contribution in [2.45, 2.75) is 52.0 Å². The Morgan fingerprint density at radius 1 is 1.03 bits per heavy atom. The maximum atomic E-state index is 10.7. The summed E-state index contributed by atoms with van der Waals surface area (Å²) in [5.41, 5.74) is 5.86. The second-order valence-electron chi connectivity index (χ2n) is 9.27. The fourth-order valence-electron chi connectivity index (χ4n) is 5.00. The summed E-state index contributed by atoms with van der Waals surface area (Å²) in [6.45, 7) is 3.41. The SMILES string of the molecule is CCCc1nn(C[C@H]2CC[C@H](COCC(=O)O)CC2)c(-c2ccc(Cl)cc2)c1-c1ccccc1. The minimum absolute atomic E-state index is 0.208. The molecule has 5 nitrogen and oxygen atoms in total. The Bertz CT molecular complexity index is 1070. The Labute approximate surface area is 206 Å². The quantitative estimate of drug-likeness (QED) is 0.349. The first kappa shape index (κ1) is 24.5. The average Bonchev–Trinajstić information content (AvgIpc) is 3.19. The number of benzene rings is 2. The molecule has 2 aromatic carbocycles. The van der Waals surface area contributed by atoms with Crippen molar-refractivity contribution in [1.82, 2.24) is 9.78 Å². The van der Waals surface area contributed by atoms with Crippen LogP contribution in [0.25, 0.3) is 22.4 Å². The maximum absolute atomic E-state index is 10.7. The molecule has 0 radical (unpaired) electrons. The lowest BCUT2D eigenvalue weighted by Crippen LogP contribution is -2.23. The van der Waals surface area contributed by atoms with Gasteiger partial charge in [0.2, 0.25) is 0 Å². The molecule has 1 N–H and O–H groups in total. The van der Waals surface area contributed by atoms with E-state index in [4.69, 9.17) is 26.5 Å². The Morgan fingerprint density at radius 2 is 1.71 bits per heavy atom. The van der Waals surface area contributed by atoms with Crippen molar-refractivity contribution < 1.29 is 14.6 Å². The van der Waals surface area contributed by atoms with Gasteiger partial charge in [0.05, 0.1) is 18.0 Å². The zero-order chi connectivity index (χ0) is 23.9. The standard InChI is InChI=1S/C28H33ClN2O3/c1-2-6-25-27(22-7-4-3-5-8-22)28(23-13-15-24(29)16-14-23)31(30-25)17-20-9-11-21(12-10-20)18-34-19-26(32)33/h3-5,7-8,13-16,20-21H,2,6,9-12,17-19H2,1H3,(H,32,33)/t20-,21-. The van der Waals surface area contributed by atoms with Gasteiger partial charge >= 0.3 is 5.97 Å². The Kier molecular flexibility index (Phi) is 8.41. The second kappa shape index (κ2) is 11.7. The van der Waals surface area contributed by atoms with Crippen LogP contribution >= 0.6 is 11.6 Å². The summed E-state index contributed by atoms with van der Waals surface area (Å²) in [5, 5.41) is 14.7. The van der Waals surface area contributed by atoms with E-state index in [1.54, 1.807) is 0 Å². The van der Waals surface area contributed by atoms with Gasteiger partial charge in [0.25, 0.3) is 0 Å². The number of halogens is 1. The molecule has 1 aliphatic carbocycles. The molecule has 1 aromatic heterocycles. The molecule has 0 amide bonds. The summed E-state index contributed by atoms with van der Waals surface area (Å²) in [6, 6.07) is 18.6.